The molecule has 224 valence electrons. The number of nitrogens with zero attached hydrogens (tertiary/aromatic N) is 2. The van der Waals surface area contributed by atoms with Gasteiger partial charge in [-0.2, -0.15) is 0 Å². The van der Waals surface area contributed by atoms with Gasteiger partial charge in [0.05, 0.1) is 5.56 Å². The Balaban J connectivity index is 1.43. The normalized spacial score (nSPS) is 14.9. The molecular formula is C36H53N3O2. The lowest BCUT2D eigenvalue weighted by molar-refractivity contribution is -0.119. The van der Waals surface area contributed by atoms with Gasteiger partial charge < -0.3 is 10.2 Å². The quantitative estimate of drug-likeness (QED) is 0.122. The molecule has 1 aromatic heterocycles. The fourth-order valence-electron chi connectivity index (χ4n) is 4.66. The summed E-state index contributed by atoms with van der Waals surface area (Å²) in [6, 6.07) is 3.81. The third-order valence-electron chi connectivity index (χ3n) is 7.12. The first kappa shape index (κ1) is 34.2. The highest BCUT2D eigenvalue weighted by molar-refractivity contribution is 5.93. The van der Waals surface area contributed by atoms with Crippen LogP contribution < -0.4 is 5.32 Å². The number of carbonyl (C=O) groups is 2. The summed E-state index contributed by atoms with van der Waals surface area (Å²) in [6.07, 6.45) is 37.1. The first-order valence-corrected chi connectivity index (χ1v) is 15.9. The fourth-order valence-corrected chi connectivity index (χ4v) is 4.66. The van der Waals surface area contributed by atoms with Gasteiger partial charge in [0.15, 0.2) is 0 Å². The van der Waals surface area contributed by atoms with Gasteiger partial charge in [-0.05, 0) is 89.4 Å². The van der Waals surface area contributed by atoms with E-state index in [0.29, 0.717) is 31.4 Å². The Hall–Kier alpha value is -3.05. The summed E-state index contributed by atoms with van der Waals surface area (Å²) in [5, 5.41) is 2.92. The van der Waals surface area contributed by atoms with Crippen molar-refractivity contribution in [3.8, 4) is 0 Å². The Morgan fingerprint density at radius 1 is 0.805 bits per heavy atom. The molecule has 0 unspecified atom stereocenters. The van der Waals surface area contributed by atoms with Gasteiger partial charge in [0.25, 0.3) is 5.91 Å². The first-order valence-electron chi connectivity index (χ1n) is 15.9. The van der Waals surface area contributed by atoms with E-state index >= 15 is 0 Å². The van der Waals surface area contributed by atoms with Crippen molar-refractivity contribution in [2.24, 2.45) is 0 Å². The highest BCUT2D eigenvalue weighted by Gasteiger charge is 2.11. The molecule has 1 N–H and O–H groups in total. The standard InChI is InChI=1S/C36H53N3O2/c1-2-3-4-5-6-7-8-9-10-11-12-13-14-15-16-17-19-23-35(40)24-22-28-37-36(41)33-25-26-34(38-32-33)27-31-39-29-20-18-21-30-39/h3-4,6-7,9-10,12-13,15-16,25-26,32H,2,5,8,11,14,17-24,27-31H2,1H3,(H,37,41)/b4-3-,7-6-,10-9-,13-12-,16-15-. The van der Waals surface area contributed by atoms with E-state index in [-0.39, 0.29) is 11.7 Å². The van der Waals surface area contributed by atoms with Gasteiger partial charge in [-0.3, -0.25) is 14.6 Å². The van der Waals surface area contributed by atoms with Crippen molar-refractivity contribution in [1.29, 1.82) is 0 Å². The third-order valence-corrected chi connectivity index (χ3v) is 7.12. The van der Waals surface area contributed by atoms with Gasteiger partial charge in [0.1, 0.15) is 5.78 Å². The number of piperidine rings is 1. The van der Waals surface area contributed by atoms with E-state index in [1.807, 2.05) is 12.1 Å². The molecule has 2 heterocycles. The smallest absolute Gasteiger partial charge is 0.252 e. The summed E-state index contributed by atoms with van der Waals surface area (Å²) in [5.74, 6) is 0.150. The zero-order chi connectivity index (χ0) is 29.2. The number of hydrogen-bond donors (Lipinski definition) is 1. The van der Waals surface area contributed by atoms with E-state index in [2.05, 4.69) is 82.9 Å². The summed E-state index contributed by atoms with van der Waals surface area (Å²) >= 11 is 0. The zero-order valence-electron chi connectivity index (χ0n) is 25.4. The molecule has 0 aliphatic carbocycles. The number of likely N-dealkylation sites (tertiary alicyclic amines) is 1. The number of allylic oxidation sites excluding steroid dienone is 10. The lowest BCUT2D eigenvalue weighted by atomic mass is 10.1. The maximum Gasteiger partial charge on any atom is 0.252 e. The largest absolute Gasteiger partial charge is 0.352 e. The van der Waals surface area contributed by atoms with Crippen molar-refractivity contribution in [3.63, 3.8) is 0 Å². The van der Waals surface area contributed by atoms with Crippen LogP contribution in [-0.4, -0.2) is 47.8 Å². The van der Waals surface area contributed by atoms with Crippen LogP contribution in [0.1, 0.15) is 106 Å². The number of rotatable bonds is 21. The molecule has 1 aliphatic heterocycles. The van der Waals surface area contributed by atoms with Crippen LogP contribution in [-0.2, 0) is 11.2 Å². The van der Waals surface area contributed by atoms with Crippen LogP contribution in [0.15, 0.2) is 79.1 Å². The monoisotopic (exact) mass is 559 g/mol. The third kappa shape index (κ3) is 18.1. The number of amides is 1. The maximum atomic E-state index is 12.4. The van der Waals surface area contributed by atoms with Crippen molar-refractivity contribution in [2.45, 2.75) is 96.8 Å². The molecule has 1 amide bonds. The fraction of sp³-hybridized carbons (Fsp3) is 0.528. The molecule has 1 aliphatic rings. The summed E-state index contributed by atoms with van der Waals surface area (Å²) in [5.41, 5.74) is 1.61. The van der Waals surface area contributed by atoms with Gasteiger partial charge in [-0.25, -0.2) is 0 Å². The molecule has 41 heavy (non-hydrogen) atoms. The molecule has 1 aromatic rings. The van der Waals surface area contributed by atoms with Crippen molar-refractivity contribution >= 4 is 11.7 Å². The molecule has 5 heteroatoms. The lowest BCUT2D eigenvalue weighted by Gasteiger charge is -2.26. The van der Waals surface area contributed by atoms with Crippen LogP contribution in [0.3, 0.4) is 0 Å². The summed E-state index contributed by atoms with van der Waals surface area (Å²) in [4.78, 5) is 31.5. The Morgan fingerprint density at radius 3 is 2.02 bits per heavy atom. The van der Waals surface area contributed by atoms with Gasteiger partial charge in [0.2, 0.25) is 0 Å². The van der Waals surface area contributed by atoms with Gasteiger partial charge >= 0.3 is 0 Å². The first-order chi connectivity index (χ1) is 20.2. The van der Waals surface area contributed by atoms with Crippen LogP contribution in [0.25, 0.3) is 0 Å². The van der Waals surface area contributed by atoms with E-state index in [4.69, 9.17) is 0 Å². The van der Waals surface area contributed by atoms with Crippen LogP contribution in [0, 0.1) is 0 Å². The molecule has 2 rings (SSSR count). The second-order valence-corrected chi connectivity index (χ2v) is 10.7. The Kier molecular flexibility index (Phi) is 19.7. The van der Waals surface area contributed by atoms with E-state index in [0.717, 1.165) is 63.6 Å². The number of ketones is 1. The van der Waals surface area contributed by atoms with Crippen molar-refractivity contribution < 1.29 is 9.59 Å². The molecule has 0 bridgehead atoms. The average molecular weight is 560 g/mol. The average Bonchev–Trinajstić information content (AvgIpc) is 3.00. The van der Waals surface area contributed by atoms with Crippen LogP contribution in [0.5, 0.6) is 0 Å². The maximum absolute atomic E-state index is 12.4. The summed E-state index contributed by atoms with van der Waals surface area (Å²) in [7, 11) is 0. The summed E-state index contributed by atoms with van der Waals surface area (Å²) < 4.78 is 0. The number of hydrogen-bond acceptors (Lipinski definition) is 4. The van der Waals surface area contributed by atoms with Gasteiger partial charge in [-0.15, -0.1) is 0 Å². The molecule has 0 spiro atoms. The molecule has 0 saturated carbocycles. The highest BCUT2D eigenvalue weighted by Crippen LogP contribution is 2.10. The molecule has 0 radical (unpaired) electrons. The van der Waals surface area contributed by atoms with Gasteiger partial charge in [0, 0.05) is 44.2 Å². The minimum atomic E-state index is -0.120. The highest BCUT2D eigenvalue weighted by atomic mass is 16.1. The van der Waals surface area contributed by atoms with Gasteiger partial charge in [-0.1, -0.05) is 74.1 Å². The van der Waals surface area contributed by atoms with Crippen LogP contribution >= 0.6 is 0 Å². The number of Topliss-reactive ketones (excluding diaryl/α,β-unsaturated/α-hetero) is 1. The van der Waals surface area contributed by atoms with Crippen LogP contribution in [0.4, 0.5) is 0 Å². The number of pyridine rings is 1. The molecule has 0 atom stereocenters. The van der Waals surface area contributed by atoms with E-state index < -0.39 is 0 Å². The Labute approximate surface area is 249 Å². The second-order valence-electron chi connectivity index (χ2n) is 10.7. The summed E-state index contributed by atoms with van der Waals surface area (Å²) in [6.45, 7) is 6.07. The molecule has 1 fully saturated rings. The lowest BCUT2D eigenvalue weighted by Crippen LogP contribution is -2.31. The van der Waals surface area contributed by atoms with Crippen molar-refractivity contribution in [3.05, 3.63) is 90.3 Å². The van der Waals surface area contributed by atoms with Crippen molar-refractivity contribution in [2.75, 3.05) is 26.2 Å². The zero-order valence-corrected chi connectivity index (χ0v) is 25.4. The topological polar surface area (TPSA) is 62.3 Å². The molecule has 1 saturated heterocycles. The van der Waals surface area contributed by atoms with E-state index in [1.54, 1.807) is 6.20 Å². The van der Waals surface area contributed by atoms with Crippen LogP contribution in [0.2, 0.25) is 0 Å². The molecular weight excluding hydrogens is 506 g/mol. The number of nitrogens with one attached hydrogen (secondary N) is 1. The Morgan fingerprint density at radius 2 is 1.41 bits per heavy atom. The number of aromatic nitrogens is 1. The number of unbranched alkanes of at least 4 members (excludes halogenated alkanes) is 1. The molecule has 5 nitrogen and oxygen atoms in total. The predicted octanol–water partition coefficient (Wildman–Crippen LogP) is 8.11. The number of carbonyl (C=O) groups excluding carboxylic acids is 2. The minimum Gasteiger partial charge on any atom is -0.352 e. The molecule has 0 aromatic carbocycles. The SMILES string of the molecule is CC/C=C\C/C=C\C/C=C\C/C=C\C/C=C\CCCC(=O)CCCNC(=O)c1ccc(CCN2CCCCC2)nc1. The van der Waals surface area contributed by atoms with E-state index in [1.165, 1.54) is 32.4 Å². The predicted molar refractivity (Wildman–Crippen MR) is 173 cm³/mol. The second kappa shape index (κ2) is 23.6. The van der Waals surface area contributed by atoms with E-state index in [9.17, 15) is 9.59 Å². The minimum absolute atomic E-state index is 0.120. The Bertz CT molecular complexity index is 983. The van der Waals surface area contributed by atoms with Crippen molar-refractivity contribution in [1.82, 2.24) is 15.2 Å².